The van der Waals surface area contributed by atoms with Crippen molar-refractivity contribution in [2.24, 2.45) is 5.92 Å². The summed E-state index contributed by atoms with van der Waals surface area (Å²) < 4.78 is 5.60. The SMILES string of the molecule is CCc1nnc(OCC2CC2)c(C#N)c1CC. The maximum atomic E-state index is 9.23. The van der Waals surface area contributed by atoms with Crippen LogP contribution in [0.2, 0.25) is 0 Å². The molecule has 0 saturated heterocycles. The van der Waals surface area contributed by atoms with E-state index in [4.69, 9.17) is 4.74 Å². The molecule has 4 nitrogen and oxygen atoms in total. The van der Waals surface area contributed by atoms with E-state index in [-0.39, 0.29) is 0 Å². The fourth-order valence-electron chi connectivity index (χ4n) is 1.85. The molecule has 1 heterocycles. The summed E-state index contributed by atoms with van der Waals surface area (Å²) in [5.41, 5.74) is 2.46. The van der Waals surface area contributed by atoms with Crippen LogP contribution < -0.4 is 4.74 Å². The molecule has 1 aliphatic rings. The summed E-state index contributed by atoms with van der Waals surface area (Å²) in [5.74, 6) is 1.06. The van der Waals surface area contributed by atoms with Gasteiger partial charge in [-0.1, -0.05) is 13.8 Å². The van der Waals surface area contributed by atoms with E-state index in [9.17, 15) is 5.26 Å². The van der Waals surface area contributed by atoms with Gasteiger partial charge < -0.3 is 4.74 Å². The lowest BCUT2D eigenvalue weighted by atomic mass is 10.0. The summed E-state index contributed by atoms with van der Waals surface area (Å²) in [6, 6.07) is 2.21. The van der Waals surface area contributed by atoms with E-state index in [0.29, 0.717) is 24.0 Å². The van der Waals surface area contributed by atoms with Gasteiger partial charge in [-0.05, 0) is 37.2 Å². The molecule has 17 heavy (non-hydrogen) atoms. The smallest absolute Gasteiger partial charge is 0.251 e. The Morgan fingerprint density at radius 1 is 1.29 bits per heavy atom. The highest BCUT2D eigenvalue weighted by Gasteiger charge is 2.23. The molecule has 0 aliphatic heterocycles. The average Bonchev–Trinajstić information content (AvgIpc) is 3.18. The highest BCUT2D eigenvalue weighted by atomic mass is 16.5. The Bertz CT molecular complexity index is 447. The van der Waals surface area contributed by atoms with Crippen molar-refractivity contribution in [1.82, 2.24) is 10.2 Å². The van der Waals surface area contributed by atoms with Crippen molar-refractivity contribution < 1.29 is 4.74 Å². The van der Waals surface area contributed by atoms with Gasteiger partial charge in [0.2, 0.25) is 0 Å². The molecule has 0 bridgehead atoms. The Labute approximate surface area is 102 Å². The number of ether oxygens (including phenoxy) is 1. The second kappa shape index (κ2) is 5.13. The molecule has 2 rings (SSSR count). The maximum absolute atomic E-state index is 9.23. The van der Waals surface area contributed by atoms with Crippen molar-refractivity contribution in [3.8, 4) is 11.9 Å². The van der Waals surface area contributed by atoms with Crippen LogP contribution >= 0.6 is 0 Å². The minimum absolute atomic E-state index is 0.411. The fourth-order valence-corrected chi connectivity index (χ4v) is 1.85. The molecule has 0 atom stereocenters. The van der Waals surface area contributed by atoms with Crippen LogP contribution in [0.1, 0.15) is 43.5 Å². The van der Waals surface area contributed by atoms with Crippen molar-refractivity contribution in [2.75, 3.05) is 6.61 Å². The van der Waals surface area contributed by atoms with Gasteiger partial charge in [-0.2, -0.15) is 10.4 Å². The van der Waals surface area contributed by atoms with Crippen LogP contribution in [0.5, 0.6) is 5.88 Å². The average molecular weight is 231 g/mol. The molecule has 1 aliphatic carbocycles. The van der Waals surface area contributed by atoms with E-state index >= 15 is 0 Å². The molecule has 1 aromatic heterocycles. The summed E-state index contributed by atoms with van der Waals surface area (Å²) >= 11 is 0. The van der Waals surface area contributed by atoms with Gasteiger partial charge >= 0.3 is 0 Å². The highest BCUT2D eigenvalue weighted by molar-refractivity contribution is 5.46. The van der Waals surface area contributed by atoms with Gasteiger partial charge in [-0.25, -0.2) is 0 Å². The van der Waals surface area contributed by atoms with Gasteiger partial charge in [0, 0.05) is 0 Å². The molecule has 90 valence electrons. The fraction of sp³-hybridized carbons (Fsp3) is 0.615. The lowest BCUT2D eigenvalue weighted by molar-refractivity contribution is 0.283. The van der Waals surface area contributed by atoms with E-state index in [2.05, 4.69) is 16.3 Å². The molecular formula is C13H17N3O. The van der Waals surface area contributed by atoms with Gasteiger partial charge in [0.1, 0.15) is 11.6 Å². The number of rotatable bonds is 5. The molecule has 1 saturated carbocycles. The van der Waals surface area contributed by atoms with Crippen LogP contribution in [-0.2, 0) is 12.8 Å². The number of aromatic nitrogens is 2. The zero-order chi connectivity index (χ0) is 12.3. The van der Waals surface area contributed by atoms with Crippen molar-refractivity contribution >= 4 is 0 Å². The van der Waals surface area contributed by atoms with Crippen LogP contribution in [0.3, 0.4) is 0 Å². The molecule has 0 radical (unpaired) electrons. The molecule has 1 aromatic rings. The van der Waals surface area contributed by atoms with Crippen LogP contribution in [-0.4, -0.2) is 16.8 Å². The predicted octanol–water partition coefficient (Wildman–Crippen LogP) is 2.26. The highest BCUT2D eigenvalue weighted by Crippen LogP contribution is 2.30. The van der Waals surface area contributed by atoms with Gasteiger partial charge in [-0.3, -0.25) is 0 Å². The standard InChI is InChI=1S/C13H17N3O/c1-3-10-11(7-14)13(16-15-12(10)4-2)17-8-9-5-6-9/h9H,3-6,8H2,1-2H3. The quantitative estimate of drug-likeness (QED) is 0.780. The van der Waals surface area contributed by atoms with Crippen LogP contribution in [0.15, 0.2) is 0 Å². The molecule has 0 amide bonds. The third kappa shape index (κ3) is 2.55. The molecular weight excluding hydrogens is 214 g/mol. The van der Waals surface area contributed by atoms with Crippen LogP contribution in [0, 0.1) is 17.2 Å². The predicted molar refractivity (Wildman–Crippen MR) is 63.7 cm³/mol. The summed E-state index contributed by atoms with van der Waals surface area (Å²) in [6.07, 6.45) is 4.04. The Morgan fingerprint density at radius 3 is 2.59 bits per heavy atom. The third-order valence-electron chi connectivity index (χ3n) is 3.08. The molecule has 0 spiro atoms. The molecule has 0 aromatic carbocycles. The first-order valence-corrected chi connectivity index (χ1v) is 6.21. The Balaban J connectivity index is 2.27. The number of nitriles is 1. The van der Waals surface area contributed by atoms with Crippen molar-refractivity contribution in [1.29, 1.82) is 5.26 Å². The first-order chi connectivity index (χ1) is 8.30. The van der Waals surface area contributed by atoms with Gasteiger partial charge in [0.15, 0.2) is 0 Å². The number of hydrogen-bond donors (Lipinski definition) is 0. The minimum Gasteiger partial charge on any atom is -0.475 e. The molecule has 1 fully saturated rings. The van der Waals surface area contributed by atoms with E-state index in [1.54, 1.807) is 0 Å². The lowest BCUT2D eigenvalue weighted by Crippen LogP contribution is -2.09. The van der Waals surface area contributed by atoms with Gasteiger partial charge in [0.05, 0.1) is 12.3 Å². The monoisotopic (exact) mass is 231 g/mol. The van der Waals surface area contributed by atoms with Crippen LogP contribution in [0.4, 0.5) is 0 Å². The lowest BCUT2D eigenvalue weighted by Gasteiger charge is -2.10. The van der Waals surface area contributed by atoms with E-state index < -0.39 is 0 Å². The topological polar surface area (TPSA) is 58.8 Å². The van der Waals surface area contributed by atoms with Crippen molar-refractivity contribution in [3.63, 3.8) is 0 Å². The Hall–Kier alpha value is -1.63. The van der Waals surface area contributed by atoms with Crippen molar-refractivity contribution in [2.45, 2.75) is 39.5 Å². The van der Waals surface area contributed by atoms with Gasteiger partial charge in [-0.15, -0.1) is 5.10 Å². The zero-order valence-corrected chi connectivity index (χ0v) is 10.4. The Kier molecular flexibility index (Phi) is 3.58. The maximum Gasteiger partial charge on any atom is 0.251 e. The molecule has 0 N–H and O–H groups in total. The minimum atomic E-state index is 0.411. The summed E-state index contributed by atoms with van der Waals surface area (Å²) in [5, 5.41) is 17.4. The van der Waals surface area contributed by atoms with Gasteiger partial charge in [0.25, 0.3) is 5.88 Å². The summed E-state index contributed by atoms with van der Waals surface area (Å²) in [7, 11) is 0. The van der Waals surface area contributed by atoms with E-state index in [1.165, 1.54) is 12.8 Å². The van der Waals surface area contributed by atoms with E-state index in [1.807, 2.05) is 13.8 Å². The second-order valence-electron chi connectivity index (χ2n) is 4.38. The number of nitrogens with zero attached hydrogens (tertiary/aromatic N) is 3. The Morgan fingerprint density at radius 2 is 2.06 bits per heavy atom. The first kappa shape index (κ1) is 11.8. The van der Waals surface area contributed by atoms with Crippen LogP contribution in [0.25, 0.3) is 0 Å². The second-order valence-corrected chi connectivity index (χ2v) is 4.38. The summed E-state index contributed by atoms with van der Waals surface area (Å²) in [6.45, 7) is 4.72. The third-order valence-corrected chi connectivity index (χ3v) is 3.08. The normalized spacial score (nSPS) is 14.4. The molecule has 0 unspecified atom stereocenters. The summed E-state index contributed by atoms with van der Waals surface area (Å²) in [4.78, 5) is 0. The zero-order valence-electron chi connectivity index (χ0n) is 10.4. The number of hydrogen-bond acceptors (Lipinski definition) is 4. The number of aryl methyl sites for hydroxylation is 1. The van der Waals surface area contributed by atoms with E-state index in [0.717, 1.165) is 24.1 Å². The first-order valence-electron chi connectivity index (χ1n) is 6.21. The molecule has 4 heteroatoms. The van der Waals surface area contributed by atoms with Crippen molar-refractivity contribution in [3.05, 3.63) is 16.8 Å². The largest absolute Gasteiger partial charge is 0.475 e.